The highest BCUT2D eigenvalue weighted by atomic mass is 16.5. The van der Waals surface area contributed by atoms with E-state index in [1.54, 1.807) is 0 Å². The van der Waals surface area contributed by atoms with Crippen molar-refractivity contribution in [2.45, 2.75) is 31.7 Å². The van der Waals surface area contributed by atoms with E-state index < -0.39 is 0 Å². The highest BCUT2D eigenvalue weighted by Gasteiger charge is 2.25. The van der Waals surface area contributed by atoms with E-state index in [4.69, 9.17) is 10.3 Å². The number of nitrogens with zero attached hydrogens (tertiary/aromatic N) is 2. The predicted molar refractivity (Wildman–Crippen MR) is 64.2 cm³/mol. The van der Waals surface area contributed by atoms with Crippen molar-refractivity contribution >= 4 is 0 Å². The van der Waals surface area contributed by atoms with Crippen LogP contribution in [0.4, 0.5) is 0 Å². The van der Waals surface area contributed by atoms with Gasteiger partial charge in [-0.3, -0.25) is 0 Å². The summed E-state index contributed by atoms with van der Waals surface area (Å²) in [5.74, 6) is 1.95. The number of benzene rings is 1. The highest BCUT2D eigenvalue weighted by molar-refractivity contribution is 5.54. The van der Waals surface area contributed by atoms with Crippen LogP contribution in [0.2, 0.25) is 0 Å². The van der Waals surface area contributed by atoms with Gasteiger partial charge in [0.25, 0.3) is 0 Å². The van der Waals surface area contributed by atoms with Crippen LogP contribution in [-0.2, 0) is 6.54 Å². The van der Waals surface area contributed by atoms with Crippen LogP contribution < -0.4 is 5.73 Å². The molecule has 17 heavy (non-hydrogen) atoms. The Bertz CT molecular complexity index is 500. The lowest BCUT2D eigenvalue weighted by atomic mass is 9.85. The molecular formula is C13H15N3O. The summed E-state index contributed by atoms with van der Waals surface area (Å²) in [6.07, 6.45) is 3.62. The molecule has 1 aromatic heterocycles. The quantitative estimate of drug-likeness (QED) is 0.878. The Balaban J connectivity index is 1.84. The van der Waals surface area contributed by atoms with Gasteiger partial charge in [0.05, 0.1) is 0 Å². The number of nitrogens with two attached hydrogens (primary N) is 1. The van der Waals surface area contributed by atoms with Crippen LogP contribution >= 0.6 is 0 Å². The molecule has 2 N–H and O–H groups in total. The Morgan fingerprint density at radius 3 is 2.59 bits per heavy atom. The maximum absolute atomic E-state index is 5.56. The molecular weight excluding hydrogens is 214 g/mol. The largest absolute Gasteiger partial charge is 0.339 e. The Hall–Kier alpha value is -1.68. The van der Waals surface area contributed by atoms with E-state index in [2.05, 4.69) is 10.1 Å². The SMILES string of the molecule is NCc1ccc(-c2noc(C3CCC3)n2)cc1. The molecule has 1 heterocycles. The molecule has 0 atom stereocenters. The monoisotopic (exact) mass is 229 g/mol. The van der Waals surface area contributed by atoms with Crippen LogP contribution in [0.25, 0.3) is 11.4 Å². The zero-order chi connectivity index (χ0) is 11.7. The molecule has 1 saturated carbocycles. The summed E-state index contributed by atoms with van der Waals surface area (Å²) in [7, 11) is 0. The van der Waals surface area contributed by atoms with E-state index in [1.165, 1.54) is 19.3 Å². The molecule has 0 unspecified atom stereocenters. The standard InChI is InChI=1S/C13H15N3O/c14-8-9-4-6-10(7-5-9)12-15-13(17-16-12)11-2-1-3-11/h4-7,11H,1-3,8,14H2. The molecule has 88 valence electrons. The summed E-state index contributed by atoms with van der Waals surface area (Å²) in [4.78, 5) is 4.45. The second-order valence-corrected chi connectivity index (χ2v) is 4.49. The first-order chi connectivity index (χ1) is 8.36. The zero-order valence-electron chi connectivity index (χ0n) is 9.60. The first-order valence-corrected chi connectivity index (χ1v) is 6.00. The van der Waals surface area contributed by atoms with Crippen molar-refractivity contribution in [2.24, 2.45) is 5.73 Å². The van der Waals surface area contributed by atoms with Crippen LogP contribution in [0.3, 0.4) is 0 Å². The van der Waals surface area contributed by atoms with Gasteiger partial charge in [-0.15, -0.1) is 0 Å². The van der Waals surface area contributed by atoms with Gasteiger partial charge in [-0.05, 0) is 18.4 Å². The van der Waals surface area contributed by atoms with Crippen molar-refractivity contribution in [1.29, 1.82) is 0 Å². The van der Waals surface area contributed by atoms with Gasteiger partial charge in [0.1, 0.15) is 0 Å². The molecule has 1 aromatic carbocycles. The van der Waals surface area contributed by atoms with E-state index in [0.29, 0.717) is 18.3 Å². The Kier molecular flexibility index (Phi) is 2.65. The van der Waals surface area contributed by atoms with E-state index in [9.17, 15) is 0 Å². The van der Waals surface area contributed by atoms with Crippen LogP contribution in [0.5, 0.6) is 0 Å². The molecule has 0 spiro atoms. The van der Waals surface area contributed by atoms with Gasteiger partial charge in [-0.25, -0.2) is 0 Å². The third-order valence-corrected chi connectivity index (χ3v) is 3.34. The number of rotatable bonds is 3. The summed E-state index contributed by atoms with van der Waals surface area (Å²) < 4.78 is 5.29. The summed E-state index contributed by atoms with van der Waals surface area (Å²) in [5.41, 5.74) is 7.65. The van der Waals surface area contributed by atoms with E-state index >= 15 is 0 Å². The van der Waals surface area contributed by atoms with E-state index in [1.807, 2.05) is 24.3 Å². The maximum Gasteiger partial charge on any atom is 0.230 e. The zero-order valence-corrected chi connectivity index (χ0v) is 9.60. The maximum atomic E-state index is 5.56. The first kappa shape index (κ1) is 10.5. The molecule has 0 bridgehead atoms. The lowest BCUT2D eigenvalue weighted by Gasteiger charge is -2.20. The third-order valence-electron chi connectivity index (χ3n) is 3.34. The molecule has 0 saturated heterocycles. The minimum Gasteiger partial charge on any atom is -0.339 e. The van der Waals surface area contributed by atoms with Crippen molar-refractivity contribution in [3.05, 3.63) is 35.7 Å². The molecule has 0 amide bonds. The molecule has 4 heteroatoms. The minimum absolute atomic E-state index is 0.486. The number of hydrogen-bond donors (Lipinski definition) is 1. The van der Waals surface area contributed by atoms with Gasteiger partial charge >= 0.3 is 0 Å². The van der Waals surface area contributed by atoms with Crippen molar-refractivity contribution in [1.82, 2.24) is 10.1 Å². The molecule has 4 nitrogen and oxygen atoms in total. The summed E-state index contributed by atoms with van der Waals surface area (Å²) >= 11 is 0. The lowest BCUT2D eigenvalue weighted by Crippen LogP contribution is -2.08. The fourth-order valence-electron chi connectivity index (χ4n) is 1.96. The van der Waals surface area contributed by atoms with Gasteiger partial charge in [-0.2, -0.15) is 4.98 Å². The summed E-state index contributed by atoms with van der Waals surface area (Å²) in [5, 5.41) is 4.03. The highest BCUT2D eigenvalue weighted by Crippen LogP contribution is 2.35. The number of aromatic nitrogens is 2. The van der Waals surface area contributed by atoms with Crippen molar-refractivity contribution < 1.29 is 4.52 Å². The Morgan fingerprint density at radius 2 is 2.00 bits per heavy atom. The van der Waals surface area contributed by atoms with Gasteiger partial charge < -0.3 is 10.3 Å². The van der Waals surface area contributed by atoms with Crippen molar-refractivity contribution in [3.8, 4) is 11.4 Å². The second-order valence-electron chi connectivity index (χ2n) is 4.49. The predicted octanol–water partition coefficient (Wildman–Crippen LogP) is 2.46. The van der Waals surface area contributed by atoms with Gasteiger partial charge in [-0.1, -0.05) is 35.8 Å². The Morgan fingerprint density at radius 1 is 1.24 bits per heavy atom. The average molecular weight is 229 g/mol. The van der Waals surface area contributed by atoms with Crippen molar-refractivity contribution in [2.75, 3.05) is 0 Å². The normalized spacial score (nSPS) is 15.8. The van der Waals surface area contributed by atoms with Gasteiger partial charge in [0, 0.05) is 18.0 Å². The topological polar surface area (TPSA) is 64.9 Å². The summed E-state index contributed by atoms with van der Waals surface area (Å²) in [6.45, 7) is 0.555. The third kappa shape index (κ3) is 1.96. The molecule has 2 aromatic rings. The molecule has 1 fully saturated rings. The lowest BCUT2D eigenvalue weighted by molar-refractivity contribution is 0.292. The van der Waals surface area contributed by atoms with E-state index in [-0.39, 0.29) is 0 Å². The molecule has 0 aliphatic heterocycles. The van der Waals surface area contributed by atoms with Crippen LogP contribution in [0, 0.1) is 0 Å². The fourth-order valence-corrected chi connectivity index (χ4v) is 1.96. The second kappa shape index (κ2) is 4.30. The number of hydrogen-bond acceptors (Lipinski definition) is 4. The van der Waals surface area contributed by atoms with E-state index in [0.717, 1.165) is 17.0 Å². The minimum atomic E-state index is 0.486. The van der Waals surface area contributed by atoms with Crippen LogP contribution in [0.1, 0.15) is 36.6 Å². The van der Waals surface area contributed by atoms with Crippen molar-refractivity contribution in [3.63, 3.8) is 0 Å². The molecule has 1 aliphatic rings. The van der Waals surface area contributed by atoms with Gasteiger partial charge in [0.15, 0.2) is 0 Å². The summed E-state index contributed by atoms with van der Waals surface area (Å²) in [6, 6.07) is 7.96. The molecule has 1 aliphatic carbocycles. The smallest absolute Gasteiger partial charge is 0.230 e. The van der Waals surface area contributed by atoms with Crippen LogP contribution in [0.15, 0.2) is 28.8 Å². The molecule has 3 rings (SSSR count). The average Bonchev–Trinajstić information content (AvgIpc) is 2.76. The molecule has 0 radical (unpaired) electrons. The van der Waals surface area contributed by atoms with Gasteiger partial charge in [0.2, 0.25) is 11.7 Å². The fraction of sp³-hybridized carbons (Fsp3) is 0.385. The van der Waals surface area contributed by atoms with Crippen LogP contribution in [-0.4, -0.2) is 10.1 Å². The first-order valence-electron chi connectivity index (χ1n) is 6.00. The Labute approximate surface area is 99.8 Å².